The minimum atomic E-state index is -0.908. The van der Waals surface area contributed by atoms with Gasteiger partial charge < -0.3 is 11.1 Å². The molecule has 0 aliphatic heterocycles. The van der Waals surface area contributed by atoms with Gasteiger partial charge in [-0.1, -0.05) is 18.2 Å². The molecule has 1 atom stereocenters. The normalized spacial score (nSPS) is 13.2. The average molecular weight is 238 g/mol. The first-order valence-corrected chi connectivity index (χ1v) is 5.65. The van der Waals surface area contributed by atoms with Crippen LogP contribution < -0.4 is 11.1 Å². The van der Waals surface area contributed by atoms with Crippen molar-refractivity contribution in [2.75, 3.05) is 6.54 Å². The number of carbonyl (C=O) groups excluding carboxylic acids is 1. The molecule has 4 heteroatoms. The monoisotopic (exact) mass is 238 g/mol. The molecule has 0 spiro atoms. The minimum Gasteiger partial charge on any atom is -0.352 e. The van der Waals surface area contributed by atoms with Gasteiger partial charge in [-0.25, -0.2) is 4.39 Å². The Bertz CT molecular complexity index is 404. The van der Waals surface area contributed by atoms with Crippen LogP contribution in [0.5, 0.6) is 0 Å². The zero-order chi connectivity index (χ0) is 13.1. The summed E-state index contributed by atoms with van der Waals surface area (Å²) in [6.45, 7) is 5.57. The number of amides is 1. The van der Waals surface area contributed by atoms with Crippen molar-refractivity contribution in [3.05, 3.63) is 35.6 Å². The lowest BCUT2D eigenvalue weighted by molar-refractivity contribution is -0.126. The second-order valence-corrected chi connectivity index (χ2v) is 4.72. The molecule has 0 saturated heterocycles. The predicted octanol–water partition coefficient (Wildman–Crippen LogP) is 1.57. The van der Waals surface area contributed by atoms with Crippen molar-refractivity contribution in [1.29, 1.82) is 0 Å². The Morgan fingerprint density at radius 3 is 2.59 bits per heavy atom. The molecule has 0 radical (unpaired) electrons. The van der Waals surface area contributed by atoms with Crippen LogP contribution in [0.1, 0.15) is 26.3 Å². The molecule has 1 aromatic rings. The van der Waals surface area contributed by atoms with Crippen molar-refractivity contribution < 1.29 is 9.18 Å². The van der Waals surface area contributed by atoms with Gasteiger partial charge >= 0.3 is 0 Å². The number of hydrogen-bond donors (Lipinski definition) is 2. The van der Waals surface area contributed by atoms with Gasteiger partial charge in [0.05, 0.1) is 5.41 Å². The van der Waals surface area contributed by atoms with E-state index in [1.54, 1.807) is 32.0 Å². The van der Waals surface area contributed by atoms with Gasteiger partial charge in [-0.05, 0) is 26.8 Å². The smallest absolute Gasteiger partial charge is 0.230 e. The fourth-order valence-electron chi connectivity index (χ4n) is 1.55. The van der Waals surface area contributed by atoms with Gasteiger partial charge in [-0.2, -0.15) is 0 Å². The van der Waals surface area contributed by atoms with E-state index in [0.29, 0.717) is 12.1 Å². The van der Waals surface area contributed by atoms with Crippen molar-refractivity contribution in [3.63, 3.8) is 0 Å². The van der Waals surface area contributed by atoms with E-state index in [1.165, 1.54) is 6.07 Å². The summed E-state index contributed by atoms with van der Waals surface area (Å²) < 4.78 is 13.7. The molecule has 1 aromatic carbocycles. The first-order chi connectivity index (χ1) is 7.89. The number of halogens is 1. The van der Waals surface area contributed by atoms with Crippen LogP contribution in [0.25, 0.3) is 0 Å². The number of nitrogens with two attached hydrogens (primary N) is 1. The Morgan fingerprint density at radius 2 is 2.06 bits per heavy atom. The maximum atomic E-state index is 13.7. The van der Waals surface area contributed by atoms with Crippen molar-refractivity contribution in [2.24, 2.45) is 5.73 Å². The second-order valence-electron chi connectivity index (χ2n) is 4.72. The van der Waals surface area contributed by atoms with Crippen LogP contribution in [0, 0.1) is 5.82 Å². The molecule has 0 aliphatic carbocycles. The summed E-state index contributed by atoms with van der Waals surface area (Å²) in [7, 11) is 0. The van der Waals surface area contributed by atoms with Crippen LogP contribution in [0.15, 0.2) is 24.3 Å². The molecule has 0 bridgehead atoms. The van der Waals surface area contributed by atoms with Crippen molar-refractivity contribution in [1.82, 2.24) is 5.32 Å². The molecule has 0 saturated carbocycles. The molecule has 1 amide bonds. The Labute approximate surface area is 101 Å². The number of hydrogen-bond acceptors (Lipinski definition) is 2. The summed E-state index contributed by atoms with van der Waals surface area (Å²) in [4.78, 5) is 12.1. The largest absolute Gasteiger partial charge is 0.352 e. The highest BCUT2D eigenvalue weighted by Gasteiger charge is 2.32. The molecule has 94 valence electrons. The van der Waals surface area contributed by atoms with Gasteiger partial charge in [0.15, 0.2) is 0 Å². The highest BCUT2D eigenvalue weighted by Crippen LogP contribution is 2.25. The lowest BCUT2D eigenvalue weighted by atomic mass is 9.83. The highest BCUT2D eigenvalue weighted by molar-refractivity contribution is 5.87. The van der Waals surface area contributed by atoms with Crippen molar-refractivity contribution >= 4 is 5.91 Å². The molecule has 0 unspecified atom stereocenters. The summed E-state index contributed by atoms with van der Waals surface area (Å²) in [6, 6.07) is 6.20. The fourth-order valence-corrected chi connectivity index (χ4v) is 1.55. The SMILES string of the molecule is C[C@@H](CN)NC(=O)C(C)(C)c1ccccc1F. The first-order valence-electron chi connectivity index (χ1n) is 5.65. The third kappa shape index (κ3) is 3.03. The summed E-state index contributed by atoms with van der Waals surface area (Å²) in [5.41, 5.74) is 4.93. The van der Waals surface area contributed by atoms with Crippen LogP contribution in [0.2, 0.25) is 0 Å². The zero-order valence-corrected chi connectivity index (χ0v) is 10.5. The Hall–Kier alpha value is -1.42. The Kier molecular flexibility index (Phi) is 4.23. The Balaban J connectivity index is 2.95. The number of rotatable bonds is 4. The van der Waals surface area contributed by atoms with Gasteiger partial charge in [0, 0.05) is 18.2 Å². The zero-order valence-electron chi connectivity index (χ0n) is 10.5. The van der Waals surface area contributed by atoms with E-state index in [0.717, 1.165) is 0 Å². The lowest BCUT2D eigenvalue weighted by Crippen LogP contribution is -2.46. The molecule has 17 heavy (non-hydrogen) atoms. The minimum absolute atomic E-state index is 0.117. The molecular weight excluding hydrogens is 219 g/mol. The van der Waals surface area contributed by atoms with E-state index in [2.05, 4.69) is 5.32 Å². The highest BCUT2D eigenvalue weighted by atomic mass is 19.1. The molecule has 0 fully saturated rings. The third-order valence-electron chi connectivity index (χ3n) is 2.85. The molecule has 0 aliphatic rings. The quantitative estimate of drug-likeness (QED) is 0.836. The van der Waals surface area contributed by atoms with Crippen LogP contribution in [0.3, 0.4) is 0 Å². The van der Waals surface area contributed by atoms with Gasteiger partial charge in [0.1, 0.15) is 5.82 Å². The van der Waals surface area contributed by atoms with Crippen LogP contribution >= 0.6 is 0 Å². The van der Waals surface area contributed by atoms with E-state index >= 15 is 0 Å². The Morgan fingerprint density at radius 1 is 1.47 bits per heavy atom. The molecule has 3 N–H and O–H groups in total. The summed E-state index contributed by atoms with van der Waals surface area (Å²) in [5, 5.41) is 2.76. The molecule has 0 aromatic heterocycles. The van der Waals surface area contributed by atoms with E-state index in [-0.39, 0.29) is 17.8 Å². The molecule has 0 heterocycles. The van der Waals surface area contributed by atoms with Crippen LogP contribution in [0.4, 0.5) is 4.39 Å². The summed E-state index contributed by atoms with van der Waals surface area (Å²) in [6.07, 6.45) is 0. The summed E-state index contributed by atoms with van der Waals surface area (Å²) >= 11 is 0. The number of benzene rings is 1. The number of nitrogens with one attached hydrogen (secondary N) is 1. The third-order valence-corrected chi connectivity index (χ3v) is 2.85. The maximum absolute atomic E-state index is 13.7. The van der Waals surface area contributed by atoms with E-state index in [4.69, 9.17) is 5.73 Å². The van der Waals surface area contributed by atoms with E-state index < -0.39 is 5.41 Å². The van der Waals surface area contributed by atoms with Crippen LogP contribution in [-0.4, -0.2) is 18.5 Å². The average Bonchev–Trinajstić information content (AvgIpc) is 2.29. The molecular formula is C13H19FN2O. The van der Waals surface area contributed by atoms with Gasteiger partial charge in [-0.3, -0.25) is 4.79 Å². The van der Waals surface area contributed by atoms with Crippen molar-refractivity contribution in [3.8, 4) is 0 Å². The van der Waals surface area contributed by atoms with Gasteiger partial charge in [-0.15, -0.1) is 0 Å². The van der Waals surface area contributed by atoms with E-state index in [1.807, 2.05) is 6.92 Å². The predicted molar refractivity (Wildman–Crippen MR) is 66.1 cm³/mol. The van der Waals surface area contributed by atoms with Crippen LogP contribution in [-0.2, 0) is 10.2 Å². The lowest BCUT2D eigenvalue weighted by Gasteiger charge is -2.26. The van der Waals surface area contributed by atoms with Crippen molar-refractivity contribution in [2.45, 2.75) is 32.2 Å². The standard InChI is InChI=1S/C13H19FN2O/c1-9(8-15)16-12(17)13(2,3)10-6-4-5-7-11(10)14/h4-7,9H,8,15H2,1-3H3,(H,16,17)/t9-/m0/s1. The van der Waals surface area contributed by atoms with E-state index in [9.17, 15) is 9.18 Å². The number of carbonyl (C=O) groups is 1. The molecule has 3 nitrogen and oxygen atoms in total. The van der Waals surface area contributed by atoms with Gasteiger partial charge in [0.25, 0.3) is 0 Å². The second kappa shape index (κ2) is 5.27. The summed E-state index contributed by atoms with van der Waals surface area (Å²) in [5.74, 6) is -0.589. The fraction of sp³-hybridized carbons (Fsp3) is 0.462. The van der Waals surface area contributed by atoms with Gasteiger partial charge in [0.2, 0.25) is 5.91 Å². The molecule has 1 rings (SSSR count). The topological polar surface area (TPSA) is 55.1 Å². The first kappa shape index (κ1) is 13.6. The maximum Gasteiger partial charge on any atom is 0.230 e.